The number of rotatable bonds is 2. The summed E-state index contributed by atoms with van der Waals surface area (Å²) in [6.45, 7) is 3.69. The molecule has 0 radical (unpaired) electrons. The number of halogens is 1. The molecule has 1 aromatic rings. The van der Waals surface area contributed by atoms with E-state index in [1.54, 1.807) is 0 Å². The fraction of sp³-hybridized carbons (Fsp3) is 0.533. The fourth-order valence-corrected chi connectivity index (χ4v) is 3.12. The Morgan fingerprint density at radius 2 is 1.89 bits per heavy atom. The van der Waals surface area contributed by atoms with Gasteiger partial charge in [0.05, 0.1) is 0 Å². The van der Waals surface area contributed by atoms with E-state index in [0.29, 0.717) is 11.8 Å². The van der Waals surface area contributed by atoms with Crippen LogP contribution in [0.3, 0.4) is 0 Å². The predicted molar refractivity (Wildman–Crippen MR) is 76.4 cm³/mol. The minimum atomic E-state index is 0.156. The van der Waals surface area contributed by atoms with Gasteiger partial charge in [0, 0.05) is 37.1 Å². The summed E-state index contributed by atoms with van der Waals surface area (Å²) in [5, 5.41) is 0.793. The number of amides is 1. The molecule has 0 N–H and O–H groups in total. The van der Waals surface area contributed by atoms with E-state index < -0.39 is 0 Å². The van der Waals surface area contributed by atoms with Crippen LogP contribution >= 0.6 is 11.6 Å². The number of piperazine rings is 1. The van der Waals surface area contributed by atoms with E-state index in [0.717, 1.165) is 43.2 Å². The number of carbonyl (C=O) groups is 1. The monoisotopic (exact) mass is 278 g/mol. The van der Waals surface area contributed by atoms with E-state index in [9.17, 15) is 4.79 Å². The molecule has 1 heterocycles. The van der Waals surface area contributed by atoms with Crippen molar-refractivity contribution in [1.82, 2.24) is 9.80 Å². The van der Waals surface area contributed by atoms with Crippen LogP contribution in [0.4, 0.5) is 0 Å². The minimum absolute atomic E-state index is 0.156. The summed E-state index contributed by atoms with van der Waals surface area (Å²) in [7, 11) is 2.10. The average molecular weight is 279 g/mol. The standard InChI is InChI=1S/C15H19ClN2O/c1-17-6-8-18(9-7-17)15(19)13-10-12(13)11-4-2-3-5-14(11)16/h2-5,12-13H,6-10H2,1H3. The normalized spacial score (nSPS) is 27.4. The van der Waals surface area contributed by atoms with Gasteiger partial charge in [0.15, 0.2) is 0 Å². The lowest BCUT2D eigenvalue weighted by Crippen LogP contribution is -2.47. The second-order valence-corrected chi connectivity index (χ2v) is 6.01. The first-order valence-corrected chi connectivity index (χ1v) is 7.26. The molecular formula is C15H19ClN2O. The first-order chi connectivity index (χ1) is 9.16. The topological polar surface area (TPSA) is 23.6 Å². The Morgan fingerprint density at radius 3 is 2.58 bits per heavy atom. The second kappa shape index (κ2) is 5.14. The molecule has 1 aliphatic heterocycles. The van der Waals surface area contributed by atoms with Crippen LogP contribution in [0.25, 0.3) is 0 Å². The molecular weight excluding hydrogens is 260 g/mol. The molecule has 2 fully saturated rings. The lowest BCUT2D eigenvalue weighted by atomic mass is 10.1. The zero-order valence-corrected chi connectivity index (χ0v) is 11.9. The first-order valence-electron chi connectivity index (χ1n) is 6.88. The fourth-order valence-electron chi connectivity index (χ4n) is 2.85. The van der Waals surface area contributed by atoms with Crippen molar-refractivity contribution in [3.8, 4) is 0 Å². The smallest absolute Gasteiger partial charge is 0.226 e. The zero-order chi connectivity index (χ0) is 13.4. The van der Waals surface area contributed by atoms with Gasteiger partial charge in [0.1, 0.15) is 0 Å². The molecule has 19 heavy (non-hydrogen) atoms. The molecule has 2 aliphatic rings. The Kier molecular flexibility index (Phi) is 3.50. The van der Waals surface area contributed by atoms with Crippen molar-refractivity contribution < 1.29 is 4.79 Å². The van der Waals surface area contributed by atoms with Crippen molar-refractivity contribution in [3.05, 3.63) is 34.9 Å². The van der Waals surface area contributed by atoms with Crippen molar-refractivity contribution in [3.63, 3.8) is 0 Å². The van der Waals surface area contributed by atoms with E-state index in [1.165, 1.54) is 0 Å². The Bertz CT molecular complexity index is 483. The maximum absolute atomic E-state index is 12.4. The van der Waals surface area contributed by atoms with Gasteiger partial charge in [0.25, 0.3) is 0 Å². The zero-order valence-electron chi connectivity index (χ0n) is 11.2. The van der Waals surface area contributed by atoms with Crippen LogP contribution < -0.4 is 0 Å². The summed E-state index contributed by atoms with van der Waals surface area (Å²) in [4.78, 5) is 16.7. The van der Waals surface area contributed by atoms with E-state index in [-0.39, 0.29) is 5.92 Å². The van der Waals surface area contributed by atoms with E-state index in [1.807, 2.05) is 29.2 Å². The van der Waals surface area contributed by atoms with Crippen molar-refractivity contribution in [1.29, 1.82) is 0 Å². The van der Waals surface area contributed by atoms with Crippen molar-refractivity contribution in [2.75, 3.05) is 33.2 Å². The number of carbonyl (C=O) groups excluding carboxylic acids is 1. The summed E-state index contributed by atoms with van der Waals surface area (Å²) in [6, 6.07) is 7.89. The highest BCUT2D eigenvalue weighted by atomic mass is 35.5. The molecule has 1 saturated carbocycles. The predicted octanol–water partition coefficient (Wildman–Crippen LogP) is 2.22. The third-order valence-corrected chi connectivity index (χ3v) is 4.57. The highest BCUT2D eigenvalue weighted by Crippen LogP contribution is 2.50. The van der Waals surface area contributed by atoms with Crippen LogP contribution in [0.2, 0.25) is 5.02 Å². The lowest BCUT2D eigenvalue weighted by Gasteiger charge is -2.32. The quantitative estimate of drug-likeness (QED) is 0.828. The van der Waals surface area contributed by atoms with Crippen LogP contribution in [-0.4, -0.2) is 48.9 Å². The number of likely N-dealkylation sites (N-methyl/N-ethyl adjacent to an activating group) is 1. The number of hydrogen-bond acceptors (Lipinski definition) is 2. The Hall–Kier alpha value is -1.06. The first kappa shape index (κ1) is 12.9. The molecule has 3 nitrogen and oxygen atoms in total. The maximum Gasteiger partial charge on any atom is 0.226 e. The largest absolute Gasteiger partial charge is 0.340 e. The molecule has 1 aromatic carbocycles. The average Bonchev–Trinajstić information content (AvgIpc) is 3.19. The van der Waals surface area contributed by atoms with Gasteiger partial charge in [-0.15, -0.1) is 0 Å². The highest BCUT2D eigenvalue weighted by Gasteiger charge is 2.46. The summed E-state index contributed by atoms with van der Waals surface area (Å²) in [6.07, 6.45) is 0.953. The third kappa shape index (κ3) is 2.63. The third-order valence-electron chi connectivity index (χ3n) is 4.23. The van der Waals surface area contributed by atoms with Crippen LogP contribution in [0.15, 0.2) is 24.3 Å². The molecule has 0 spiro atoms. The SMILES string of the molecule is CN1CCN(C(=O)C2CC2c2ccccc2Cl)CC1. The summed E-state index contributed by atoms with van der Waals surface area (Å²) < 4.78 is 0. The number of nitrogens with zero attached hydrogens (tertiary/aromatic N) is 2. The van der Waals surface area contributed by atoms with Gasteiger partial charge >= 0.3 is 0 Å². The van der Waals surface area contributed by atoms with Crippen LogP contribution in [-0.2, 0) is 4.79 Å². The van der Waals surface area contributed by atoms with Crippen molar-refractivity contribution >= 4 is 17.5 Å². The van der Waals surface area contributed by atoms with Gasteiger partial charge in [-0.05, 0) is 31.0 Å². The van der Waals surface area contributed by atoms with Gasteiger partial charge in [0.2, 0.25) is 5.91 Å². The van der Waals surface area contributed by atoms with E-state index in [4.69, 9.17) is 11.6 Å². The number of hydrogen-bond donors (Lipinski definition) is 0. The van der Waals surface area contributed by atoms with E-state index in [2.05, 4.69) is 11.9 Å². The molecule has 1 saturated heterocycles. The van der Waals surface area contributed by atoms with Gasteiger partial charge in [-0.2, -0.15) is 0 Å². The molecule has 0 bridgehead atoms. The molecule has 2 atom stereocenters. The van der Waals surface area contributed by atoms with Gasteiger partial charge in [-0.3, -0.25) is 4.79 Å². The molecule has 1 aliphatic carbocycles. The molecule has 102 valence electrons. The molecule has 3 rings (SSSR count). The highest BCUT2D eigenvalue weighted by molar-refractivity contribution is 6.31. The van der Waals surface area contributed by atoms with Crippen molar-refractivity contribution in [2.45, 2.75) is 12.3 Å². The summed E-state index contributed by atoms with van der Waals surface area (Å²) in [5.41, 5.74) is 1.14. The van der Waals surface area contributed by atoms with E-state index >= 15 is 0 Å². The molecule has 2 unspecified atom stereocenters. The Balaban J connectivity index is 1.63. The summed E-state index contributed by atoms with van der Waals surface area (Å²) >= 11 is 6.20. The van der Waals surface area contributed by atoms with Gasteiger partial charge < -0.3 is 9.80 Å². The summed E-state index contributed by atoms with van der Waals surface area (Å²) in [5.74, 6) is 0.808. The van der Waals surface area contributed by atoms with Crippen LogP contribution in [0, 0.1) is 5.92 Å². The molecule has 4 heteroatoms. The minimum Gasteiger partial charge on any atom is -0.340 e. The van der Waals surface area contributed by atoms with Crippen molar-refractivity contribution in [2.24, 2.45) is 5.92 Å². The lowest BCUT2D eigenvalue weighted by molar-refractivity contribution is -0.134. The molecule has 1 amide bonds. The maximum atomic E-state index is 12.4. The van der Waals surface area contributed by atoms with Gasteiger partial charge in [-0.25, -0.2) is 0 Å². The second-order valence-electron chi connectivity index (χ2n) is 5.60. The molecule has 0 aromatic heterocycles. The van der Waals surface area contributed by atoms with Crippen LogP contribution in [0.1, 0.15) is 17.9 Å². The van der Waals surface area contributed by atoms with Gasteiger partial charge in [-0.1, -0.05) is 29.8 Å². The Morgan fingerprint density at radius 1 is 1.21 bits per heavy atom. The Labute approximate surface area is 119 Å². The van der Waals surface area contributed by atoms with Crippen LogP contribution in [0.5, 0.6) is 0 Å². The number of benzene rings is 1.